The second-order valence-corrected chi connectivity index (χ2v) is 5.04. The molecule has 2 rings (SSSR count). The third kappa shape index (κ3) is 4.12. The molecule has 1 heterocycles. The lowest BCUT2D eigenvalue weighted by molar-refractivity contribution is -0.137. The van der Waals surface area contributed by atoms with Crippen molar-refractivity contribution >= 4 is 5.97 Å². The highest BCUT2D eigenvalue weighted by molar-refractivity contribution is 5.90. The number of esters is 1. The second kappa shape index (κ2) is 7.46. The Labute approximate surface area is 136 Å². The fraction of sp³-hybridized carbons (Fsp3) is 0.375. The fourth-order valence-corrected chi connectivity index (χ4v) is 2.28. The molecule has 0 unspecified atom stereocenters. The number of nitrogens with zero attached hydrogens (tertiary/aromatic N) is 2. The van der Waals surface area contributed by atoms with E-state index in [-0.39, 0.29) is 18.6 Å². The average molecular weight is 344 g/mol. The smallest absolute Gasteiger partial charge is 0.416 e. The van der Waals surface area contributed by atoms with Gasteiger partial charge in [0.05, 0.1) is 24.1 Å². The maximum absolute atomic E-state index is 13.0. The molecule has 24 heavy (non-hydrogen) atoms. The lowest BCUT2D eigenvalue weighted by Gasteiger charge is -2.09. The molecule has 0 N–H and O–H groups in total. The van der Waals surface area contributed by atoms with Crippen LogP contribution in [0.2, 0.25) is 0 Å². The summed E-state index contributed by atoms with van der Waals surface area (Å²) in [5, 5.41) is 3.79. The molecule has 4 nitrogen and oxygen atoms in total. The fourth-order valence-electron chi connectivity index (χ4n) is 2.28. The molecule has 130 valence electrons. The summed E-state index contributed by atoms with van der Waals surface area (Å²) in [6.07, 6.45) is -2.55. The molecule has 0 bridgehead atoms. The quantitative estimate of drug-likeness (QED) is 0.592. The van der Waals surface area contributed by atoms with Crippen molar-refractivity contribution in [3.63, 3.8) is 0 Å². The van der Waals surface area contributed by atoms with Gasteiger partial charge < -0.3 is 4.74 Å². The number of carbonyl (C=O) groups excluding carboxylic acids is 1. The summed E-state index contributed by atoms with van der Waals surface area (Å²) < 4.78 is 56.5. The van der Waals surface area contributed by atoms with E-state index in [1.807, 2.05) is 0 Å². The van der Waals surface area contributed by atoms with Crippen LogP contribution in [0.5, 0.6) is 0 Å². The molecule has 1 aromatic heterocycles. The molecule has 1 aromatic carbocycles. The number of aryl methyl sites for hydroxylation is 1. The number of hydrogen-bond acceptors (Lipinski definition) is 3. The van der Waals surface area contributed by atoms with E-state index in [2.05, 4.69) is 5.10 Å². The van der Waals surface area contributed by atoms with E-state index in [0.29, 0.717) is 17.7 Å². The summed E-state index contributed by atoms with van der Waals surface area (Å²) >= 11 is 0. The van der Waals surface area contributed by atoms with Crippen LogP contribution in [0.4, 0.5) is 17.6 Å². The third-order valence-electron chi connectivity index (χ3n) is 3.49. The van der Waals surface area contributed by atoms with Gasteiger partial charge in [0, 0.05) is 0 Å². The Balaban J connectivity index is 2.14. The Bertz CT molecular complexity index is 693. The summed E-state index contributed by atoms with van der Waals surface area (Å²) in [6, 6.07) is 4.72. The number of rotatable bonds is 6. The van der Waals surface area contributed by atoms with Crippen LogP contribution in [0.3, 0.4) is 0 Å². The summed E-state index contributed by atoms with van der Waals surface area (Å²) in [4.78, 5) is 11.8. The first-order valence-electron chi connectivity index (χ1n) is 7.30. The normalized spacial score (nSPS) is 11.5. The first-order valence-corrected chi connectivity index (χ1v) is 7.30. The van der Waals surface area contributed by atoms with Crippen LogP contribution in [0.1, 0.15) is 34.1 Å². The predicted octanol–water partition coefficient (Wildman–Crippen LogP) is 3.79. The van der Waals surface area contributed by atoms with Gasteiger partial charge in [-0.05, 0) is 37.5 Å². The van der Waals surface area contributed by atoms with E-state index >= 15 is 0 Å². The van der Waals surface area contributed by atoms with Gasteiger partial charge in [0.15, 0.2) is 6.80 Å². The van der Waals surface area contributed by atoms with Crippen molar-refractivity contribution in [2.75, 3.05) is 6.61 Å². The molecule has 2 aromatic rings. The Morgan fingerprint density at radius 2 is 1.88 bits per heavy atom. The molecule has 0 amide bonds. The van der Waals surface area contributed by atoms with Crippen LogP contribution in [0.25, 0.3) is 0 Å². The van der Waals surface area contributed by atoms with Gasteiger partial charge in [-0.3, -0.25) is 0 Å². The molecule has 0 aliphatic carbocycles. The Morgan fingerprint density at radius 1 is 1.21 bits per heavy atom. The van der Waals surface area contributed by atoms with Gasteiger partial charge in [-0.1, -0.05) is 12.1 Å². The van der Waals surface area contributed by atoms with Crippen molar-refractivity contribution < 1.29 is 27.1 Å². The van der Waals surface area contributed by atoms with Crippen LogP contribution in [0.15, 0.2) is 30.5 Å². The van der Waals surface area contributed by atoms with E-state index in [9.17, 15) is 22.4 Å². The molecule has 0 spiro atoms. The molecule has 0 saturated carbocycles. The summed E-state index contributed by atoms with van der Waals surface area (Å²) in [7, 11) is 0. The maximum Gasteiger partial charge on any atom is 0.416 e. The van der Waals surface area contributed by atoms with Crippen molar-refractivity contribution in [3.05, 3.63) is 52.8 Å². The van der Waals surface area contributed by atoms with Crippen molar-refractivity contribution in [3.8, 4) is 0 Å². The van der Waals surface area contributed by atoms with Crippen molar-refractivity contribution in [2.45, 2.75) is 32.7 Å². The van der Waals surface area contributed by atoms with Crippen LogP contribution in [-0.2, 0) is 30.6 Å². The Kier molecular flexibility index (Phi) is 5.58. The van der Waals surface area contributed by atoms with Gasteiger partial charge in [0.25, 0.3) is 0 Å². The van der Waals surface area contributed by atoms with Crippen LogP contribution >= 0.6 is 0 Å². The first kappa shape index (κ1) is 18.0. The number of ether oxygens (including phenoxy) is 1. The minimum absolute atomic E-state index is 0.168. The highest BCUT2D eigenvalue weighted by Crippen LogP contribution is 2.29. The summed E-state index contributed by atoms with van der Waals surface area (Å²) in [6.45, 7) is 0.930. The molecular formula is C16H16F4N2O2. The van der Waals surface area contributed by atoms with Gasteiger partial charge in [0.1, 0.15) is 5.56 Å². The molecule has 0 atom stereocenters. The number of carbonyl (C=O) groups is 1. The first-order chi connectivity index (χ1) is 11.4. The standard InChI is InChI=1S/C16H16F4N2O2/c1-2-24-15(23)13-9-21-22(10-17)14(13)8-5-11-3-6-12(7-4-11)16(18,19)20/h3-4,6-7,9H,2,5,8,10H2,1H3. The van der Waals surface area contributed by atoms with Crippen molar-refractivity contribution in [1.29, 1.82) is 0 Å². The molecule has 0 radical (unpaired) electrons. The predicted molar refractivity (Wildman–Crippen MR) is 78.1 cm³/mol. The number of benzene rings is 1. The van der Waals surface area contributed by atoms with Crippen molar-refractivity contribution in [2.24, 2.45) is 0 Å². The number of aromatic nitrogens is 2. The minimum atomic E-state index is -4.39. The minimum Gasteiger partial charge on any atom is -0.462 e. The molecule has 0 aliphatic heterocycles. The highest BCUT2D eigenvalue weighted by Gasteiger charge is 2.29. The molecule has 0 fully saturated rings. The molecule has 0 aliphatic rings. The van der Waals surface area contributed by atoms with Crippen LogP contribution in [0, 0.1) is 0 Å². The summed E-state index contributed by atoms with van der Waals surface area (Å²) in [5.74, 6) is -0.598. The largest absolute Gasteiger partial charge is 0.462 e. The SMILES string of the molecule is CCOC(=O)c1cnn(CF)c1CCc1ccc(C(F)(F)F)cc1. The van der Waals surface area contributed by atoms with Gasteiger partial charge in [0.2, 0.25) is 0 Å². The molecular weight excluding hydrogens is 328 g/mol. The zero-order valence-electron chi connectivity index (χ0n) is 12.9. The molecule has 0 saturated heterocycles. The lowest BCUT2D eigenvalue weighted by Crippen LogP contribution is -2.11. The average Bonchev–Trinajstić information content (AvgIpc) is 2.95. The van der Waals surface area contributed by atoms with Gasteiger partial charge in [-0.25, -0.2) is 13.9 Å². The number of hydrogen-bond donors (Lipinski definition) is 0. The Morgan fingerprint density at radius 3 is 2.42 bits per heavy atom. The zero-order valence-corrected chi connectivity index (χ0v) is 12.9. The van der Waals surface area contributed by atoms with Crippen LogP contribution in [-0.4, -0.2) is 22.4 Å². The Hall–Kier alpha value is -2.38. The maximum atomic E-state index is 13.0. The monoisotopic (exact) mass is 344 g/mol. The summed E-state index contributed by atoms with van der Waals surface area (Å²) in [5.41, 5.74) is 0.439. The second-order valence-electron chi connectivity index (χ2n) is 5.04. The van der Waals surface area contributed by atoms with E-state index < -0.39 is 24.5 Å². The molecule has 8 heteroatoms. The van der Waals surface area contributed by atoms with Gasteiger partial charge in [-0.2, -0.15) is 18.3 Å². The van der Waals surface area contributed by atoms with Gasteiger partial charge in [-0.15, -0.1) is 0 Å². The third-order valence-corrected chi connectivity index (χ3v) is 3.49. The number of alkyl halides is 4. The van der Waals surface area contributed by atoms with E-state index in [4.69, 9.17) is 4.74 Å². The van der Waals surface area contributed by atoms with E-state index in [1.54, 1.807) is 6.92 Å². The topological polar surface area (TPSA) is 44.1 Å². The van der Waals surface area contributed by atoms with E-state index in [1.165, 1.54) is 18.3 Å². The number of halogens is 4. The van der Waals surface area contributed by atoms with Crippen molar-refractivity contribution in [1.82, 2.24) is 9.78 Å². The zero-order chi connectivity index (χ0) is 17.7. The van der Waals surface area contributed by atoms with Crippen LogP contribution < -0.4 is 0 Å². The van der Waals surface area contributed by atoms with E-state index in [0.717, 1.165) is 16.8 Å². The lowest BCUT2D eigenvalue weighted by atomic mass is 10.0. The van der Waals surface area contributed by atoms with Gasteiger partial charge >= 0.3 is 12.1 Å². The highest BCUT2D eigenvalue weighted by atomic mass is 19.4.